The Morgan fingerprint density at radius 1 is 1.35 bits per heavy atom. The number of benzene rings is 1. The predicted molar refractivity (Wildman–Crippen MR) is 91.7 cm³/mol. The number of hydrogen-bond donors (Lipinski definition) is 0. The summed E-state index contributed by atoms with van der Waals surface area (Å²) in [5.74, 6) is 1.47. The van der Waals surface area contributed by atoms with Crippen molar-refractivity contribution in [3.05, 3.63) is 52.2 Å². The van der Waals surface area contributed by atoms with Gasteiger partial charge in [-0.1, -0.05) is 12.1 Å². The highest BCUT2D eigenvalue weighted by atomic mass is 32.1. The summed E-state index contributed by atoms with van der Waals surface area (Å²) in [6.07, 6.45) is 3.43. The van der Waals surface area contributed by atoms with Crippen molar-refractivity contribution in [3.63, 3.8) is 0 Å². The molecule has 2 heterocycles. The van der Waals surface area contributed by atoms with Crippen molar-refractivity contribution in [1.29, 1.82) is 0 Å². The fourth-order valence-electron chi connectivity index (χ4n) is 2.58. The largest absolute Gasteiger partial charge is 0.454 e. The average molecular weight is 329 g/mol. The molecule has 1 amide bonds. The minimum absolute atomic E-state index is 0.00562. The second kappa shape index (κ2) is 6.87. The van der Waals surface area contributed by atoms with E-state index in [4.69, 9.17) is 9.47 Å². The van der Waals surface area contributed by atoms with Gasteiger partial charge in [-0.3, -0.25) is 4.79 Å². The third-order valence-corrected chi connectivity index (χ3v) is 4.90. The number of amides is 1. The molecule has 1 aromatic carbocycles. The van der Waals surface area contributed by atoms with Crippen molar-refractivity contribution in [1.82, 2.24) is 4.90 Å². The number of rotatable bonds is 5. The van der Waals surface area contributed by atoms with Crippen molar-refractivity contribution >= 4 is 23.3 Å². The van der Waals surface area contributed by atoms with Crippen molar-refractivity contribution in [2.75, 3.05) is 13.3 Å². The van der Waals surface area contributed by atoms with Crippen LogP contribution in [0.15, 0.2) is 41.8 Å². The highest BCUT2D eigenvalue weighted by Crippen LogP contribution is 2.33. The van der Waals surface area contributed by atoms with Crippen molar-refractivity contribution < 1.29 is 14.3 Å². The van der Waals surface area contributed by atoms with Gasteiger partial charge in [-0.15, -0.1) is 11.3 Å². The van der Waals surface area contributed by atoms with Crippen LogP contribution < -0.4 is 9.47 Å². The lowest BCUT2D eigenvalue weighted by molar-refractivity contribution is -0.127. The molecule has 1 aromatic heterocycles. The molecule has 0 saturated carbocycles. The summed E-state index contributed by atoms with van der Waals surface area (Å²) in [6.45, 7) is 4.98. The van der Waals surface area contributed by atoms with E-state index in [1.54, 1.807) is 17.4 Å². The van der Waals surface area contributed by atoms with Crippen LogP contribution in [0.1, 0.15) is 30.3 Å². The van der Waals surface area contributed by atoms with Crippen LogP contribution in [-0.4, -0.2) is 24.1 Å². The minimum Gasteiger partial charge on any atom is -0.454 e. The lowest BCUT2D eigenvalue weighted by atomic mass is 10.1. The number of thiophene rings is 1. The van der Waals surface area contributed by atoms with E-state index in [0.717, 1.165) is 17.1 Å². The number of likely N-dealkylation sites (N-methyl/N-ethyl adjacent to an activating group) is 1. The predicted octanol–water partition coefficient (Wildman–Crippen LogP) is 4.10. The molecule has 0 spiro atoms. The monoisotopic (exact) mass is 329 g/mol. The molecule has 1 unspecified atom stereocenters. The van der Waals surface area contributed by atoms with Gasteiger partial charge in [0.05, 0.1) is 6.04 Å². The zero-order valence-corrected chi connectivity index (χ0v) is 14.0. The number of ether oxygens (including phenoxy) is 2. The molecule has 2 aromatic rings. The van der Waals surface area contributed by atoms with Crippen molar-refractivity contribution in [2.45, 2.75) is 19.9 Å². The van der Waals surface area contributed by atoms with E-state index in [9.17, 15) is 4.79 Å². The molecule has 0 radical (unpaired) electrons. The lowest BCUT2D eigenvalue weighted by Crippen LogP contribution is -2.31. The van der Waals surface area contributed by atoms with Crippen LogP contribution in [0.5, 0.6) is 11.5 Å². The maximum atomic E-state index is 12.5. The first-order valence-corrected chi connectivity index (χ1v) is 8.48. The molecule has 1 atom stereocenters. The quantitative estimate of drug-likeness (QED) is 0.775. The summed E-state index contributed by atoms with van der Waals surface area (Å²) < 4.78 is 10.6. The van der Waals surface area contributed by atoms with E-state index in [-0.39, 0.29) is 18.7 Å². The Kier molecular flexibility index (Phi) is 4.67. The number of nitrogens with zero attached hydrogens (tertiary/aromatic N) is 1. The summed E-state index contributed by atoms with van der Waals surface area (Å²) >= 11 is 1.67. The molecule has 4 nitrogen and oxygen atoms in total. The number of carbonyl (C=O) groups excluding carboxylic acids is 1. The van der Waals surface area contributed by atoms with E-state index in [1.165, 1.54) is 4.88 Å². The molecule has 0 aliphatic carbocycles. The van der Waals surface area contributed by atoms with E-state index in [2.05, 4.69) is 13.0 Å². The van der Waals surface area contributed by atoms with Gasteiger partial charge in [0.25, 0.3) is 0 Å². The van der Waals surface area contributed by atoms with Crippen molar-refractivity contribution in [3.8, 4) is 11.5 Å². The Morgan fingerprint density at radius 3 is 2.91 bits per heavy atom. The van der Waals surface area contributed by atoms with Gasteiger partial charge in [0.15, 0.2) is 11.5 Å². The standard InChI is InChI=1S/C18H19NO3S/c1-3-19(13(2)17-5-4-10-23-17)18(20)9-7-14-6-8-15-16(11-14)22-12-21-15/h4-11,13H,3,12H2,1-2H3/b9-7+. The minimum atomic E-state index is 0.00562. The Morgan fingerprint density at radius 2 is 2.17 bits per heavy atom. The molecular formula is C18H19NO3S. The summed E-state index contributed by atoms with van der Waals surface area (Å²) in [4.78, 5) is 15.6. The zero-order chi connectivity index (χ0) is 16.2. The summed E-state index contributed by atoms with van der Waals surface area (Å²) in [6, 6.07) is 9.80. The third kappa shape index (κ3) is 3.40. The van der Waals surface area contributed by atoms with Gasteiger partial charge < -0.3 is 14.4 Å². The van der Waals surface area contributed by atoms with Gasteiger partial charge in [-0.25, -0.2) is 0 Å². The normalized spacial score (nSPS) is 14.2. The summed E-state index contributed by atoms with van der Waals surface area (Å²) in [7, 11) is 0. The smallest absolute Gasteiger partial charge is 0.247 e. The van der Waals surface area contributed by atoms with Crippen LogP contribution in [0.2, 0.25) is 0 Å². The molecule has 0 bridgehead atoms. The van der Waals surface area contributed by atoms with Gasteiger partial charge in [0.1, 0.15) is 0 Å². The summed E-state index contributed by atoms with van der Waals surface area (Å²) in [5, 5.41) is 2.03. The van der Waals surface area contributed by atoms with Gasteiger partial charge in [0.2, 0.25) is 12.7 Å². The Balaban J connectivity index is 1.71. The van der Waals surface area contributed by atoms with Crippen molar-refractivity contribution in [2.24, 2.45) is 0 Å². The van der Waals surface area contributed by atoms with E-state index < -0.39 is 0 Å². The van der Waals surface area contributed by atoms with Crippen LogP contribution >= 0.6 is 11.3 Å². The van der Waals surface area contributed by atoms with Crippen LogP contribution in [0, 0.1) is 0 Å². The maximum absolute atomic E-state index is 12.5. The second-order valence-electron chi connectivity index (χ2n) is 5.26. The molecule has 1 aliphatic heterocycles. The highest BCUT2D eigenvalue weighted by Gasteiger charge is 2.19. The number of fused-ring (bicyclic) bond motifs is 1. The fraction of sp³-hybridized carbons (Fsp3) is 0.278. The van der Waals surface area contributed by atoms with E-state index in [0.29, 0.717) is 6.54 Å². The maximum Gasteiger partial charge on any atom is 0.247 e. The highest BCUT2D eigenvalue weighted by molar-refractivity contribution is 7.10. The average Bonchev–Trinajstić information content (AvgIpc) is 3.24. The summed E-state index contributed by atoms with van der Waals surface area (Å²) in [5.41, 5.74) is 0.919. The van der Waals surface area contributed by atoms with E-state index in [1.807, 2.05) is 47.5 Å². The third-order valence-electron chi connectivity index (χ3n) is 3.86. The molecule has 23 heavy (non-hydrogen) atoms. The first-order chi connectivity index (χ1) is 11.2. The van der Waals surface area contributed by atoms with Crippen LogP contribution in [0.3, 0.4) is 0 Å². The zero-order valence-electron chi connectivity index (χ0n) is 13.2. The van der Waals surface area contributed by atoms with Gasteiger partial charge in [-0.05, 0) is 49.1 Å². The molecule has 0 saturated heterocycles. The lowest BCUT2D eigenvalue weighted by Gasteiger charge is -2.26. The Hall–Kier alpha value is -2.27. The SMILES string of the molecule is CCN(C(=O)/C=C/c1ccc2c(c1)OCO2)C(C)c1cccs1. The van der Waals surface area contributed by atoms with E-state index >= 15 is 0 Å². The molecule has 3 rings (SSSR count). The Bertz CT molecular complexity index is 709. The number of hydrogen-bond acceptors (Lipinski definition) is 4. The molecule has 5 heteroatoms. The molecule has 1 aliphatic rings. The van der Waals surface area contributed by atoms with Crippen LogP contribution in [0.25, 0.3) is 6.08 Å². The second-order valence-corrected chi connectivity index (χ2v) is 6.24. The fourth-order valence-corrected chi connectivity index (χ4v) is 3.38. The first-order valence-electron chi connectivity index (χ1n) is 7.60. The molecule has 120 valence electrons. The first kappa shape index (κ1) is 15.6. The molecular weight excluding hydrogens is 310 g/mol. The van der Waals surface area contributed by atoms with Gasteiger partial charge in [-0.2, -0.15) is 0 Å². The molecule has 0 N–H and O–H groups in total. The van der Waals surface area contributed by atoms with Gasteiger partial charge >= 0.3 is 0 Å². The molecule has 0 fully saturated rings. The Labute approximate surface area is 140 Å². The number of carbonyl (C=O) groups is 1. The van der Waals surface area contributed by atoms with Crippen LogP contribution in [-0.2, 0) is 4.79 Å². The van der Waals surface area contributed by atoms with Crippen LogP contribution in [0.4, 0.5) is 0 Å². The topological polar surface area (TPSA) is 38.8 Å². The van der Waals surface area contributed by atoms with Gasteiger partial charge in [0, 0.05) is 17.5 Å².